The maximum atomic E-state index is 12.2. The van der Waals surface area contributed by atoms with E-state index in [1.165, 1.54) is 0 Å². The van der Waals surface area contributed by atoms with E-state index in [0.29, 0.717) is 19.5 Å². The SMILES string of the molecule is CO[C@H]1CN(C(=O)OC(C)(C)C)CC1NCC(C)(C)CCC#N. The lowest BCUT2D eigenvalue weighted by molar-refractivity contribution is 0.0252. The van der Waals surface area contributed by atoms with Crippen molar-refractivity contribution in [3.63, 3.8) is 0 Å². The van der Waals surface area contributed by atoms with Crippen LogP contribution in [0.5, 0.6) is 0 Å². The summed E-state index contributed by atoms with van der Waals surface area (Å²) in [6, 6.07) is 2.27. The lowest BCUT2D eigenvalue weighted by Gasteiger charge is -2.28. The molecule has 6 nitrogen and oxygen atoms in total. The van der Waals surface area contributed by atoms with Gasteiger partial charge in [-0.2, -0.15) is 5.26 Å². The normalized spacial score (nSPS) is 22.0. The van der Waals surface area contributed by atoms with Crippen LogP contribution < -0.4 is 5.32 Å². The van der Waals surface area contributed by atoms with E-state index in [1.807, 2.05) is 20.8 Å². The summed E-state index contributed by atoms with van der Waals surface area (Å²) in [5, 5.41) is 12.2. The lowest BCUT2D eigenvalue weighted by Crippen LogP contribution is -2.44. The summed E-state index contributed by atoms with van der Waals surface area (Å²) in [6.07, 6.45) is 1.05. The van der Waals surface area contributed by atoms with Gasteiger partial charge >= 0.3 is 6.09 Å². The van der Waals surface area contributed by atoms with Crippen molar-refractivity contribution in [1.29, 1.82) is 5.26 Å². The van der Waals surface area contributed by atoms with Crippen molar-refractivity contribution in [2.45, 2.75) is 65.2 Å². The monoisotopic (exact) mass is 325 g/mol. The van der Waals surface area contributed by atoms with Crippen molar-refractivity contribution in [2.24, 2.45) is 5.41 Å². The molecule has 1 unspecified atom stereocenters. The molecule has 1 rings (SSSR count). The van der Waals surface area contributed by atoms with Crippen molar-refractivity contribution in [2.75, 3.05) is 26.7 Å². The van der Waals surface area contributed by atoms with Gasteiger partial charge < -0.3 is 19.7 Å². The van der Waals surface area contributed by atoms with E-state index in [-0.39, 0.29) is 23.7 Å². The van der Waals surface area contributed by atoms with Gasteiger partial charge in [0.2, 0.25) is 0 Å². The van der Waals surface area contributed by atoms with Crippen LogP contribution in [0.4, 0.5) is 4.79 Å². The Kier molecular flexibility index (Phi) is 6.84. The van der Waals surface area contributed by atoms with Crippen LogP contribution in [0.25, 0.3) is 0 Å². The van der Waals surface area contributed by atoms with Gasteiger partial charge in [0.25, 0.3) is 0 Å². The fourth-order valence-electron chi connectivity index (χ4n) is 2.57. The van der Waals surface area contributed by atoms with Crippen molar-refractivity contribution in [1.82, 2.24) is 10.2 Å². The molecule has 23 heavy (non-hydrogen) atoms. The van der Waals surface area contributed by atoms with E-state index in [4.69, 9.17) is 14.7 Å². The average Bonchev–Trinajstić information content (AvgIpc) is 2.85. The first-order valence-electron chi connectivity index (χ1n) is 8.19. The summed E-state index contributed by atoms with van der Waals surface area (Å²) >= 11 is 0. The van der Waals surface area contributed by atoms with Gasteiger partial charge in [-0.25, -0.2) is 4.79 Å². The van der Waals surface area contributed by atoms with Gasteiger partial charge in [0, 0.05) is 26.6 Å². The van der Waals surface area contributed by atoms with Gasteiger partial charge in [-0.3, -0.25) is 0 Å². The summed E-state index contributed by atoms with van der Waals surface area (Å²) in [5.41, 5.74) is -0.461. The molecule has 1 heterocycles. The van der Waals surface area contributed by atoms with Crippen LogP contribution in [0, 0.1) is 16.7 Å². The first kappa shape index (κ1) is 19.7. The highest BCUT2D eigenvalue weighted by Gasteiger charge is 2.37. The Bertz CT molecular complexity index is 437. The molecule has 2 atom stereocenters. The Balaban J connectivity index is 2.56. The third-order valence-corrected chi connectivity index (χ3v) is 3.98. The maximum absolute atomic E-state index is 12.2. The standard InChI is InChI=1S/C17H31N3O3/c1-16(2,3)23-15(21)20-10-13(14(11-20)22-6)19-12-17(4,5)8-7-9-18/h13-14,19H,7-8,10-12H2,1-6H3/t13?,14-/m0/s1. The highest BCUT2D eigenvalue weighted by atomic mass is 16.6. The van der Waals surface area contributed by atoms with Gasteiger partial charge in [-0.05, 0) is 32.6 Å². The minimum Gasteiger partial charge on any atom is -0.444 e. The molecule has 6 heteroatoms. The number of methoxy groups -OCH3 is 1. The molecule has 0 aromatic heterocycles. The quantitative estimate of drug-likeness (QED) is 0.812. The second-order valence-electron chi connectivity index (χ2n) is 7.97. The van der Waals surface area contributed by atoms with Crippen molar-refractivity contribution < 1.29 is 14.3 Å². The molecule has 0 radical (unpaired) electrons. The van der Waals surface area contributed by atoms with Gasteiger partial charge in [0.05, 0.1) is 24.8 Å². The summed E-state index contributed by atoms with van der Waals surface area (Å²) in [4.78, 5) is 13.9. The molecule has 1 fully saturated rings. The Labute approximate surface area is 140 Å². The van der Waals surface area contributed by atoms with E-state index < -0.39 is 5.60 Å². The van der Waals surface area contributed by atoms with Crippen LogP contribution in [0.15, 0.2) is 0 Å². The first-order chi connectivity index (χ1) is 10.6. The number of carbonyl (C=O) groups excluding carboxylic acids is 1. The number of nitrogens with one attached hydrogen (secondary N) is 1. The van der Waals surface area contributed by atoms with Crippen LogP contribution in [-0.4, -0.2) is 55.5 Å². The third-order valence-electron chi connectivity index (χ3n) is 3.98. The number of likely N-dealkylation sites (tertiary alicyclic amines) is 1. The molecule has 1 aliphatic rings. The predicted molar refractivity (Wildman–Crippen MR) is 89.0 cm³/mol. The van der Waals surface area contributed by atoms with Crippen molar-refractivity contribution in [3.05, 3.63) is 0 Å². The molecule has 1 amide bonds. The van der Waals surface area contributed by atoms with E-state index in [2.05, 4.69) is 25.2 Å². The van der Waals surface area contributed by atoms with Crippen LogP contribution in [-0.2, 0) is 9.47 Å². The van der Waals surface area contributed by atoms with Gasteiger partial charge in [0.1, 0.15) is 5.60 Å². The molecule has 0 aromatic rings. The zero-order valence-electron chi connectivity index (χ0n) is 15.3. The summed E-state index contributed by atoms with van der Waals surface area (Å²) < 4.78 is 10.9. The number of amides is 1. The highest BCUT2D eigenvalue weighted by molar-refractivity contribution is 5.68. The largest absolute Gasteiger partial charge is 0.444 e. The third kappa shape index (κ3) is 6.76. The number of rotatable bonds is 6. The molecule has 132 valence electrons. The predicted octanol–water partition coefficient (Wildman–Crippen LogP) is 2.54. The Morgan fingerprint density at radius 1 is 1.30 bits per heavy atom. The fourth-order valence-corrected chi connectivity index (χ4v) is 2.57. The molecule has 0 saturated carbocycles. The average molecular weight is 325 g/mol. The molecule has 1 saturated heterocycles. The van der Waals surface area contributed by atoms with Crippen molar-refractivity contribution >= 4 is 6.09 Å². The Hall–Kier alpha value is -1.32. The molecular weight excluding hydrogens is 294 g/mol. The van der Waals surface area contributed by atoms with Gasteiger partial charge in [0.15, 0.2) is 0 Å². The van der Waals surface area contributed by atoms with Crippen LogP contribution in [0.1, 0.15) is 47.5 Å². The zero-order chi connectivity index (χ0) is 17.7. The minimum atomic E-state index is -0.496. The molecule has 0 aliphatic carbocycles. The lowest BCUT2D eigenvalue weighted by atomic mass is 9.87. The Morgan fingerprint density at radius 3 is 2.48 bits per heavy atom. The first-order valence-corrected chi connectivity index (χ1v) is 8.19. The summed E-state index contributed by atoms with van der Waals surface area (Å²) in [5.74, 6) is 0. The topological polar surface area (TPSA) is 74.6 Å². The number of carbonyl (C=O) groups is 1. The van der Waals surface area contributed by atoms with Crippen LogP contribution >= 0.6 is 0 Å². The molecular formula is C17H31N3O3. The van der Waals surface area contributed by atoms with Crippen LogP contribution in [0.3, 0.4) is 0 Å². The second kappa shape index (κ2) is 7.98. The van der Waals surface area contributed by atoms with Gasteiger partial charge in [-0.15, -0.1) is 0 Å². The fraction of sp³-hybridized carbons (Fsp3) is 0.882. The van der Waals surface area contributed by atoms with E-state index in [1.54, 1.807) is 12.0 Å². The Morgan fingerprint density at radius 2 is 1.96 bits per heavy atom. The van der Waals surface area contributed by atoms with E-state index in [9.17, 15) is 4.79 Å². The molecule has 0 spiro atoms. The minimum absolute atomic E-state index is 0.0351. The van der Waals surface area contributed by atoms with E-state index >= 15 is 0 Å². The van der Waals surface area contributed by atoms with E-state index in [0.717, 1.165) is 13.0 Å². The van der Waals surface area contributed by atoms with Gasteiger partial charge in [-0.1, -0.05) is 13.8 Å². The number of hydrogen-bond donors (Lipinski definition) is 1. The molecule has 1 aliphatic heterocycles. The number of hydrogen-bond acceptors (Lipinski definition) is 5. The smallest absolute Gasteiger partial charge is 0.410 e. The highest BCUT2D eigenvalue weighted by Crippen LogP contribution is 2.23. The van der Waals surface area contributed by atoms with Crippen molar-refractivity contribution in [3.8, 4) is 6.07 Å². The summed E-state index contributed by atoms with van der Waals surface area (Å²) in [7, 11) is 1.67. The molecule has 1 N–H and O–H groups in total. The maximum Gasteiger partial charge on any atom is 0.410 e. The number of ether oxygens (including phenoxy) is 2. The number of nitrogens with zero attached hydrogens (tertiary/aromatic N) is 2. The molecule has 0 aromatic carbocycles. The second-order valence-corrected chi connectivity index (χ2v) is 7.97. The summed E-state index contributed by atoms with van der Waals surface area (Å²) in [6.45, 7) is 11.7. The van der Waals surface area contributed by atoms with Crippen LogP contribution in [0.2, 0.25) is 0 Å². The zero-order valence-corrected chi connectivity index (χ0v) is 15.3. The molecule has 0 bridgehead atoms. The number of nitriles is 1.